The number of nitrogens with two attached hydrogens (primary N) is 1. The molecule has 0 radical (unpaired) electrons. The van der Waals surface area contributed by atoms with E-state index in [0.29, 0.717) is 0 Å². The summed E-state index contributed by atoms with van der Waals surface area (Å²) in [6, 6.07) is 9.69. The van der Waals surface area contributed by atoms with E-state index in [0.717, 1.165) is 29.9 Å². The Morgan fingerprint density at radius 1 is 1.10 bits per heavy atom. The number of aryl methyl sites for hydroxylation is 1. The molecule has 0 saturated carbocycles. The van der Waals surface area contributed by atoms with Crippen LogP contribution in [0.4, 0.5) is 0 Å². The molecule has 1 aromatic carbocycles. The molecular formula is C16H20N2O2. The fourth-order valence-electron chi connectivity index (χ4n) is 2.15. The molecule has 0 spiro atoms. The molecule has 2 N–H and O–H groups in total. The zero-order valence-corrected chi connectivity index (χ0v) is 11.9. The van der Waals surface area contributed by atoms with E-state index < -0.39 is 0 Å². The lowest BCUT2D eigenvalue weighted by molar-refractivity contribution is 0.387. The van der Waals surface area contributed by atoms with Gasteiger partial charge in [-0.1, -0.05) is 6.07 Å². The van der Waals surface area contributed by atoms with Crippen molar-refractivity contribution in [3.05, 3.63) is 53.9 Å². The zero-order valence-electron chi connectivity index (χ0n) is 11.9. The molecule has 0 fully saturated rings. The Morgan fingerprint density at radius 2 is 1.85 bits per heavy atom. The molecule has 2 rings (SSSR count). The van der Waals surface area contributed by atoms with Gasteiger partial charge in [-0.2, -0.15) is 0 Å². The molecule has 1 atom stereocenters. The van der Waals surface area contributed by atoms with Gasteiger partial charge in [0.25, 0.3) is 0 Å². The maximum Gasteiger partial charge on any atom is 0.127 e. The molecule has 0 bridgehead atoms. The molecule has 0 aliphatic carbocycles. The number of ether oxygens (including phenoxy) is 2. The van der Waals surface area contributed by atoms with Crippen LogP contribution in [0.1, 0.15) is 23.6 Å². The lowest BCUT2D eigenvalue weighted by atomic mass is 9.99. The summed E-state index contributed by atoms with van der Waals surface area (Å²) in [4.78, 5) is 4.01. The Balaban J connectivity index is 2.07. The Hall–Kier alpha value is -2.07. The van der Waals surface area contributed by atoms with Gasteiger partial charge >= 0.3 is 0 Å². The quantitative estimate of drug-likeness (QED) is 0.878. The fraction of sp³-hybridized carbons (Fsp3) is 0.312. The van der Waals surface area contributed by atoms with Gasteiger partial charge in [0, 0.05) is 30.1 Å². The van der Waals surface area contributed by atoms with E-state index in [2.05, 4.69) is 4.98 Å². The number of hydrogen-bond donors (Lipinski definition) is 1. The third-order valence-electron chi connectivity index (χ3n) is 3.33. The number of rotatable bonds is 6. The molecule has 1 unspecified atom stereocenters. The minimum atomic E-state index is -0.0657. The zero-order chi connectivity index (χ0) is 14.4. The number of aromatic nitrogens is 1. The predicted octanol–water partition coefficient (Wildman–Crippen LogP) is 2.73. The smallest absolute Gasteiger partial charge is 0.127 e. The van der Waals surface area contributed by atoms with Crippen LogP contribution >= 0.6 is 0 Å². The van der Waals surface area contributed by atoms with Crippen LogP contribution in [-0.2, 0) is 6.42 Å². The van der Waals surface area contributed by atoms with E-state index in [4.69, 9.17) is 15.2 Å². The standard InChI is InChI=1S/C16H20N2O2/c1-19-13-4-5-14(16(11-13)20-2)15(17)6-3-12-7-9-18-10-8-12/h4-5,7-11,15H,3,6,17H2,1-2H3. The van der Waals surface area contributed by atoms with Crippen molar-refractivity contribution in [3.8, 4) is 11.5 Å². The highest BCUT2D eigenvalue weighted by Crippen LogP contribution is 2.30. The van der Waals surface area contributed by atoms with Gasteiger partial charge in [-0.25, -0.2) is 0 Å². The van der Waals surface area contributed by atoms with Gasteiger partial charge in [0.1, 0.15) is 11.5 Å². The monoisotopic (exact) mass is 272 g/mol. The molecule has 0 saturated heterocycles. The molecule has 2 aromatic rings. The first kappa shape index (κ1) is 14.3. The molecule has 0 amide bonds. The second-order valence-electron chi connectivity index (χ2n) is 4.61. The van der Waals surface area contributed by atoms with E-state index in [1.54, 1.807) is 26.6 Å². The highest BCUT2D eigenvalue weighted by Gasteiger charge is 2.13. The van der Waals surface area contributed by atoms with Crippen LogP contribution in [0, 0.1) is 0 Å². The summed E-state index contributed by atoms with van der Waals surface area (Å²) in [6.45, 7) is 0. The van der Waals surface area contributed by atoms with Gasteiger partial charge in [0.2, 0.25) is 0 Å². The minimum absolute atomic E-state index is 0.0657. The van der Waals surface area contributed by atoms with Crippen LogP contribution in [0.5, 0.6) is 11.5 Å². The Kier molecular flexibility index (Phi) is 4.96. The van der Waals surface area contributed by atoms with E-state index in [9.17, 15) is 0 Å². The van der Waals surface area contributed by atoms with Crippen LogP contribution < -0.4 is 15.2 Å². The molecule has 4 heteroatoms. The first-order chi connectivity index (χ1) is 9.74. The van der Waals surface area contributed by atoms with E-state index in [1.165, 1.54) is 5.56 Å². The van der Waals surface area contributed by atoms with Crippen LogP contribution in [-0.4, -0.2) is 19.2 Å². The average Bonchev–Trinajstić information content (AvgIpc) is 2.52. The average molecular weight is 272 g/mol. The Morgan fingerprint density at radius 3 is 2.50 bits per heavy atom. The first-order valence-electron chi connectivity index (χ1n) is 6.61. The van der Waals surface area contributed by atoms with Gasteiger partial charge < -0.3 is 15.2 Å². The highest BCUT2D eigenvalue weighted by molar-refractivity contribution is 5.42. The molecule has 106 valence electrons. The van der Waals surface area contributed by atoms with Crippen molar-refractivity contribution in [1.29, 1.82) is 0 Å². The number of pyridine rings is 1. The van der Waals surface area contributed by atoms with Gasteiger partial charge in [0.15, 0.2) is 0 Å². The summed E-state index contributed by atoms with van der Waals surface area (Å²) in [7, 11) is 3.28. The highest BCUT2D eigenvalue weighted by atomic mass is 16.5. The summed E-state index contributed by atoms with van der Waals surface area (Å²) in [6.07, 6.45) is 5.37. The van der Waals surface area contributed by atoms with Crippen molar-refractivity contribution in [2.45, 2.75) is 18.9 Å². The van der Waals surface area contributed by atoms with Crippen molar-refractivity contribution in [3.63, 3.8) is 0 Å². The third-order valence-corrected chi connectivity index (χ3v) is 3.33. The number of hydrogen-bond acceptors (Lipinski definition) is 4. The van der Waals surface area contributed by atoms with Crippen molar-refractivity contribution < 1.29 is 9.47 Å². The van der Waals surface area contributed by atoms with Crippen LogP contribution in [0.3, 0.4) is 0 Å². The summed E-state index contributed by atoms with van der Waals surface area (Å²) >= 11 is 0. The molecule has 1 heterocycles. The molecule has 20 heavy (non-hydrogen) atoms. The normalized spacial score (nSPS) is 11.9. The van der Waals surface area contributed by atoms with Crippen molar-refractivity contribution in [2.75, 3.05) is 14.2 Å². The van der Waals surface area contributed by atoms with Crippen molar-refractivity contribution in [2.24, 2.45) is 5.73 Å². The van der Waals surface area contributed by atoms with E-state index >= 15 is 0 Å². The lowest BCUT2D eigenvalue weighted by Gasteiger charge is -2.16. The van der Waals surface area contributed by atoms with Crippen molar-refractivity contribution in [1.82, 2.24) is 4.98 Å². The molecule has 4 nitrogen and oxygen atoms in total. The number of methoxy groups -OCH3 is 2. The SMILES string of the molecule is COc1ccc(C(N)CCc2ccncc2)c(OC)c1. The molecular weight excluding hydrogens is 252 g/mol. The summed E-state index contributed by atoms with van der Waals surface area (Å²) in [5.41, 5.74) is 8.52. The maximum absolute atomic E-state index is 6.27. The van der Waals surface area contributed by atoms with Crippen LogP contribution in [0.2, 0.25) is 0 Å². The van der Waals surface area contributed by atoms with E-state index in [1.807, 2.05) is 30.3 Å². The largest absolute Gasteiger partial charge is 0.497 e. The first-order valence-corrected chi connectivity index (χ1v) is 6.61. The number of benzene rings is 1. The Bertz CT molecular complexity index is 543. The second kappa shape index (κ2) is 6.91. The second-order valence-corrected chi connectivity index (χ2v) is 4.61. The Labute approximate surface area is 119 Å². The van der Waals surface area contributed by atoms with Gasteiger partial charge in [-0.05, 0) is 36.6 Å². The molecule has 0 aliphatic rings. The van der Waals surface area contributed by atoms with Gasteiger partial charge in [0.05, 0.1) is 14.2 Å². The van der Waals surface area contributed by atoms with Gasteiger partial charge in [-0.15, -0.1) is 0 Å². The predicted molar refractivity (Wildman–Crippen MR) is 79.0 cm³/mol. The van der Waals surface area contributed by atoms with Gasteiger partial charge in [-0.3, -0.25) is 4.98 Å². The van der Waals surface area contributed by atoms with Crippen LogP contribution in [0.25, 0.3) is 0 Å². The molecule has 1 aromatic heterocycles. The summed E-state index contributed by atoms with van der Waals surface area (Å²) < 4.78 is 10.6. The lowest BCUT2D eigenvalue weighted by Crippen LogP contribution is -2.12. The van der Waals surface area contributed by atoms with Crippen molar-refractivity contribution >= 4 is 0 Å². The topological polar surface area (TPSA) is 57.4 Å². The maximum atomic E-state index is 6.27. The molecule has 0 aliphatic heterocycles. The van der Waals surface area contributed by atoms with E-state index in [-0.39, 0.29) is 6.04 Å². The minimum Gasteiger partial charge on any atom is -0.497 e. The summed E-state index contributed by atoms with van der Waals surface area (Å²) in [5.74, 6) is 1.54. The number of nitrogens with zero attached hydrogens (tertiary/aromatic N) is 1. The summed E-state index contributed by atoms with van der Waals surface area (Å²) in [5, 5.41) is 0. The third kappa shape index (κ3) is 3.48. The fourth-order valence-corrected chi connectivity index (χ4v) is 2.15. The van der Waals surface area contributed by atoms with Crippen LogP contribution in [0.15, 0.2) is 42.7 Å².